The summed E-state index contributed by atoms with van der Waals surface area (Å²) >= 11 is 3.44. The monoisotopic (exact) mass is 356 g/mol. The van der Waals surface area contributed by atoms with Gasteiger partial charge in [0.05, 0.1) is 15.9 Å². The van der Waals surface area contributed by atoms with Gasteiger partial charge in [-0.15, -0.1) is 0 Å². The second-order valence-electron chi connectivity index (χ2n) is 4.39. The van der Waals surface area contributed by atoms with E-state index in [2.05, 4.69) is 21.0 Å². The minimum absolute atomic E-state index is 0.00588. The molecule has 2 rings (SSSR count). The Bertz CT molecular complexity index is 685. The normalized spacial score (nSPS) is 10.7. The highest BCUT2D eigenvalue weighted by Gasteiger charge is 2.18. The molecule has 5 nitrogen and oxygen atoms in total. The van der Waals surface area contributed by atoms with Gasteiger partial charge in [-0.3, -0.25) is 4.68 Å². The Balaban J connectivity index is 2.27. The zero-order valence-electron chi connectivity index (χ0n) is 11.6. The Morgan fingerprint density at radius 2 is 2.24 bits per heavy atom. The highest BCUT2D eigenvalue weighted by atomic mass is 79.9. The lowest BCUT2D eigenvalue weighted by Gasteiger charge is -2.10. The number of hydrogen-bond acceptors (Lipinski definition) is 3. The Hall–Kier alpha value is -1.89. The molecule has 0 spiro atoms. The number of benzene rings is 1. The molecule has 1 aromatic heterocycles. The van der Waals surface area contributed by atoms with Crippen molar-refractivity contribution < 1.29 is 19.0 Å². The molecule has 0 bridgehead atoms. The highest BCUT2D eigenvalue weighted by Crippen LogP contribution is 2.26. The van der Waals surface area contributed by atoms with Gasteiger partial charge in [0.1, 0.15) is 23.7 Å². The number of ether oxygens (including phenoxy) is 1. The summed E-state index contributed by atoms with van der Waals surface area (Å²) in [6, 6.07) is 3.93. The van der Waals surface area contributed by atoms with Crippen LogP contribution in [0.3, 0.4) is 0 Å². The first kappa shape index (κ1) is 15.5. The summed E-state index contributed by atoms with van der Waals surface area (Å²) in [5.74, 6) is -2.19. The highest BCUT2D eigenvalue weighted by molar-refractivity contribution is 9.10. The molecule has 2 aromatic rings. The largest absolute Gasteiger partial charge is 0.486 e. The van der Waals surface area contributed by atoms with Crippen molar-refractivity contribution in [1.82, 2.24) is 9.78 Å². The lowest BCUT2D eigenvalue weighted by atomic mass is 10.2. The smallest absolute Gasteiger partial charge is 0.342 e. The van der Waals surface area contributed by atoms with Gasteiger partial charge in [0.2, 0.25) is 0 Å². The summed E-state index contributed by atoms with van der Waals surface area (Å²) in [6.45, 7) is 2.07. The zero-order valence-corrected chi connectivity index (χ0v) is 13.1. The molecule has 112 valence electrons. The van der Waals surface area contributed by atoms with Crippen LogP contribution in [0.1, 0.15) is 28.7 Å². The number of carbonyl (C=O) groups is 1. The molecule has 0 aliphatic rings. The summed E-state index contributed by atoms with van der Waals surface area (Å²) in [4.78, 5) is 11.1. The average molecular weight is 357 g/mol. The molecule has 0 radical (unpaired) electrons. The molecule has 1 heterocycles. The van der Waals surface area contributed by atoms with Crippen LogP contribution in [0.5, 0.6) is 5.75 Å². The number of aromatic nitrogens is 2. The first-order valence-electron chi connectivity index (χ1n) is 6.30. The summed E-state index contributed by atoms with van der Waals surface area (Å²) < 4.78 is 21.5. The third-order valence-corrected chi connectivity index (χ3v) is 3.97. The maximum absolute atomic E-state index is 13.6. The molecule has 0 fully saturated rings. The lowest BCUT2D eigenvalue weighted by Crippen LogP contribution is -2.08. The van der Waals surface area contributed by atoms with Crippen molar-refractivity contribution in [3.05, 3.63) is 45.4 Å². The number of carboxylic acid groups (broad SMARTS) is 1. The van der Waals surface area contributed by atoms with Gasteiger partial charge in [-0.2, -0.15) is 5.10 Å². The number of carboxylic acids is 1. The van der Waals surface area contributed by atoms with Crippen LogP contribution in [0.25, 0.3) is 0 Å². The number of aromatic carboxylic acids is 1. The molecular weight excluding hydrogens is 343 g/mol. The summed E-state index contributed by atoms with van der Waals surface area (Å²) in [5.41, 5.74) is 1.17. The minimum Gasteiger partial charge on any atom is -0.486 e. The van der Waals surface area contributed by atoms with Gasteiger partial charge in [-0.25, -0.2) is 9.18 Å². The van der Waals surface area contributed by atoms with Crippen LogP contribution in [0.15, 0.2) is 22.7 Å². The van der Waals surface area contributed by atoms with E-state index in [1.165, 1.54) is 12.1 Å². The molecule has 0 saturated carbocycles. The predicted molar refractivity (Wildman–Crippen MR) is 78.0 cm³/mol. The lowest BCUT2D eigenvalue weighted by molar-refractivity contribution is 0.0686. The van der Waals surface area contributed by atoms with Crippen LogP contribution in [-0.4, -0.2) is 20.9 Å². The SMILES string of the molecule is CCc1nn(C)c(COc2cccc(F)c2C(=O)O)c1Br. The van der Waals surface area contributed by atoms with Gasteiger partial charge in [-0.1, -0.05) is 13.0 Å². The fourth-order valence-corrected chi connectivity index (χ4v) is 2.69. The standard InChI is InChI=1S/C14H14BrFN2O3/c1-3-9-13(15)10(18(2)17-9)7-21-11-6-4-5-8(16)12(11)14(19)20/h4-6H,3,7H2,1-2H3,(H,19,20). The van der Waals surface area contributed by atoms with Crippen molar-refractivity contribution in [2.45, 2.75) is 20.0 Å². The molecule has 0 aliphatic heterocycles. The quantitative estimate of drug-likeness (QED) is 0.893. The number of hydrogen-bond donors (Lipinski definition) is 1. The number of halogens is 2. The number of nitrogens with zero attached hydrogens (tertiary/aromatic N) is 2. The molecule has 7 heteroatoms. The Labute approximate surface area is 129 Å². The second kappa shape index (κ2) is 6.26. The fraction of sp³-hybridized carbons (Fsp3) is 0.286. The van der Waals surface area contributed by atoms with Crippen molar-refractivity contribution in [2.75, 3.05) is 0 Å². The van der Waals surface area contributed by atoms with Crippen LogP contribution in [0, 0.1) is 5.82 Å². The molecule has 21 heavy (non-hydrogen) atoms. The third-order valence-electron chi connectivity index (χ3n) is 3.06. The van der Waals surface area contributed by atoms with E-state index in [0.717, 1.165) is 28.3 Å². The molecule has 0 saturated heterocycles. The Kier molecular flexibility index (Phi) is 4.62. The van der Waals surface area contributed by atoms with Gasteiger partial charge in [-0.05, 0) is 34.5 Å². The van der Waals surface area contributed by atoms with Crippen molar-refractivity contribution in [3.8, 4) is 5.75 Å². The van der Waals surface area contributed by atoms with E-state index >= 15 is 0 Å². The summed E-state index contributed by atoms with van der Waals surface area (Å²) in [5, 5.41) is 13.4. The van der Waals surface area contributed by atoms with E-state index in [-0.39, 0.29) is 12.4 Å². The van der Waals surface area contributed by atoms with Crippen molar-refractivity contribution >= 4 is 21.9 Å². The van der Waals surface area contributed by atoms with Gasteiger partial charge >= 0.3 is 5.97 Å². The van der Waals surface area contributed by atoms with E-state index < -0.39 is 17.3 Å². The molecule has 0 atom stereocenters. The van der Waals surface area contributed by atoms with Crippen LogP contribution < -0.4 is 4.74 Å². The van der Waals surface area contributed by atoms with Crippen molar-refractivity contribution in [2.24, 2.45) is 7.05 Å². The Morgan fingerprint density at radius 1 is 1.52 bits per heavy atom. The van der Waals surface area contributed by atoms with Gasteiger partial charge in [0.15, 0.2) is 0 Å². The molecule has 0 amide bonds. The van der Waals surface area contributed by atoms with Gasteiger partial charge in [0, 0.05) is 7.05 Å². The van der Waals surface area contributed by atoms with E-state index in [1.807, 2.05) is 6.92 Å². The number of rotatable bonds is 5. The maximum atomic E-state index is 13.6. The molecule has 1 N–H and O–H groups in total. The average Bonchev–Trinajstić information content (AvgIpc) is 2.70. The van der Waals surface area contributed by atoms with E-state index in [9.17, 15) is 9.18 Å². The van der Waals surface area contributed by atoms with E-state index in [1.54, 1.807) is 11.7 Å². The third kappa shape index (κ3) is 3.07. The maximum Gasteiger partial charge on any atom is 0.342 e. The van der Waals surface area contributed by atoms with E-state index in [4.69, 9.17) is 9.84 Å². The van der Waals surface area contributed by atoms with Crippen LogP contribution in [-0.2, 0) is 20.1 Å². The van der Waals surface area contributed by atoms with Crippen molar-refractivity contribution in [1.29, 1.82) is 0 Å². The van der Waals surface area contributed by atoms with Gasteiger partial charge < -0.3 is 9.84 Å². The van der Waals surface area contributed by atoms with Crippen LogP contribution in [0.4, 0.5) is 4.39 Å². The first-order valence-corrected chi connectivity index (χ1v) is 7.09. The Morgan fingerprint density at radius 3 is 2.81 bits per heavy atom. The van der Waals surface area contributed by atoms with Crippen LogP contribution >= 0.6 is 15.9 Å². The summed E-state index contributed by atoms with van der Waals surface area (Å²) in [7, 11) is 1.77. The molecule has 0 aliphatic carbocycles. The zero-order chi connectivity index (χ0) is 15.6. The van der Waals surface area contributed by atoms with E-state index in [0.29, 0.717) is 0 Å². The minimum atomic E-state index is -1.36. The predicted octanol–water partition coefficient (Wildman–Crippen LogP) is 3.16. The summed E-state index contributed by atoms with van der Waals surface area (Å²) in [6.07, 6.45) is 0.759. The second-order valence-corrected chi connectivity index (χ2v) is 5.18. The molecular formula is C14H14BrFN2O3. The molecule has 1 aromatic carbocycles. The fourth-order valence-electron chi connectivity index (χ4n) is 1.95. The topological polar surface area (TPSA) is 64.4 Å². The van der Waals surface area contributed by atoms with Crippen molar-refractivity contribution in [3.63, 3.8) is 0 Å². The number of aryl methyl sites for hydroxylation is 2. The first-order chi connectivity index (χ1) is 9.95. The van der Waals surface area contributed by atoms with Crippen LogP contribution in [0.2, 0.25) is 0 Å². The van der Waals surface area contributed by atoms with Gasteiger partial charge in [0.25, 0.3) is 0 Å². The molecule has 0 unspecified atom stereocenters.